The molecule has 0 amide bonds. The molecule has 1 N–H and O–H groups in total. The van der Waals surface area contributed by atoms with Crippen LogP contribution in [0.4, 0.5) is 0 Å². The van der Waals surface area contributed by atoms with Crippen molar-refractivity contribution in [3.8, 4) is 0 Å². The molecule has 1 heterocycles. The molecular formula is C18H20N2O2S. The number of nitrogens with one attached hydrogen (secondary N) is 1. The zero-order valence-electron chi connectivity index (χ0n) is 13.3. The molecule has 120 valence electrons. The smallest absolute Gasteiger partial charge is 0.216 e. The standard InChI is InChI=1S/C18H20N2O2S/c1-14-10-17-11-16(8-9-18(17)20(14)2)12-19-23(21,22)13-15-6-4-3-5-7-15/h3-11,19H,12-13H2,1-2H3. The first-order chi connectivity index (χ1) is 10.9. The van der Waals surface area contributed by atoms with Gasteiger partial charge < -0.3 is 4.57 Å². The first-order valence-electron chi connectivity index (χ1n) is 7.51. The number of hydrogen-bond donors (Lipinski definition) is 1. The van der Waals surface area contributed by atoms with Crippen molar-refractivity contribution in [2.24, 2.45) is 7.05 Å². The molecule has 0 aliphatic heterocycles. The average molecular weight is 328 g/mol. The van der Waals surface area contributed by atoms with Crippen molar-refractivity contribution < 1.29 is 8.42 Å². The Morgan fingerprint density at radius 2 is 1.74 bits per heavy atom. The Labute approximate surface area is 136 Å². The van der Waals surface area contributed by atoms with Crippen LogP contribution in [0.15, 0.2) is 54.6 Å². The fourth-order valence-corrected chi connectivity index (χ4v) is 3.80. The Morgan fingerprint density at radius 1 is 1.00 bits per heavy atom. The summed E-state index contributed by atoms with van der Waals surface area (Å²) in [6, 6.07) is 17.3. The molecule has 5 heteroatoms. The van der Waals surface area contributed by atoms with E-state index in [1.165, 1.54) is 5.69 Å². The van der Waals surface area contributed by atoms with Gasteiger partial charge in [-0.1, -0.05) is 36.4 Å². The lowest BCUT2D eigenvalue weighted by molar-refractivity contribution is 0.580. The Balaban J connectivity index is 1.72. The predicted octanol–water partition coefficient (Wildman–Crippen LogP) is 3.11. The summed E-state index contributed by atoms with van der Waals surface area (Å²) in [7, 11) is -1.32. The second-order valence-corrected chi connectivity index (χ2v) is 7.61. The second-order valence-electron chi connectivity index (χ2n) is 5.80. The highest BCUT2D eigenvalue weighted by atomic mass is 32.2. The van der Waals surface area contributed by atoms with Crippen LogP contribution in [0.25, 0.3) is 10.9 Å². The van der Waals surface area contributed by atoms with Crippen molar-refractivity contribution in [2.75, 3.05) is 0 Å². The third-order valence-electron chi connectivity index (χ3n) is 4.04. The van der Waals surface area contributed by atoms with Crippen LogP contribution >= 0.6 is 0 Å². The highest BCUT2D eigenvalue weighted by molar-refractivity contribution is 7.88. The van der Waals surface area contributed by atoms with E-state index in [0.717, 1.165) is 22.0 Å². The van der Waals surface area contributed by atoms with Gasteiger partial charge in [0.05, 0.1) is 5.75 Å². The number of aryl methyl sites for hydroxylation is 2. The third-order valence-corrected chi connectivity index (χ3v) is 5.34. The second kappa shape index (κ2) is 6.18. The van der Waals surface area contributed by atoms with Crippen LogP contribution < -0.4 is 4.72 Å². The molecule has 0 atom stereocenters. The molecule has 0 aliphatic carbocycles. The summed E-state index contributed by atoms with van der Waals surface area (Å²) in [4.78, 5) is 0. The maximum Gasteiger partial charge on any atom is 0.216 e. The first kappa shape index (κ1) is 15.8. The molecule has 3 aromatic rings. The molecular weight excluding hydrogens is 308 g/mol. The summed E-state index contributed by atoms with van der Waals surface area (Å²) in [6.45, 7) is 2.36. The maximum atomic E-state index is 12.2. The highest BCUT2D eigenvalue weighted by Crippen LogP contribution is 2.20. The van der Waals surface area contributed by atoms with Crippen LogP contribution in [0.5, 0.6) is 0 Å². The highest BCUT2D eigenvalue weighted by Gasteiger charge is 2.11. The Morgan fingerprint density at radius 3 is 2.48 bits per heavy atom. The van der Waals surface area contributed by atoms with E-state index in [-0.39, 0.29) is 5.75 Å². The van der Waals surface area contributed by atoms with Gasteiger partial charge in [-0.2, -0.15) is 0 Å². The van der Waals surface area contributed by atoms with Gasteiger partial charge in [-0.05, 0) is 36.2 Å². The minimum Gasteiger partial charge on any atom is -0.348 e. The summed E-state index contributed by atoms with van der Waals surface area (Å²) in [6.07, 6.45) is 0. The number of nitrogens with zero attached hydrogens (tertiary/aromatic N) is 1. The van der Waals surface area contributed by atoms with Gasteiger partial charge in [0.1, 0.15) is 0 Å². The van der Waals surface area contributed by atoms with Gasteiger partial charge in [0.25, 0.3) is 0 Å². The van der Waals surface area contributed by atoms with Crippen LogP contribution in [0.3, 0.4) is 0 Å². The number of fused-ring (bicyclic) bond motifs is 1. The van der Waals surface area contributed by atoms with Crippen molar-refractivity contribution in [2.45, 2.75) is 19.2 Å². The SMILES string of the molecule is Cc1cc2cc(CNS(=O)(=O)Cc3ccccc3)ccc2n1C. The molecule has 2 aromatic carbocycles. The Kier molecular flexibility index (Phi) is 4.24. The zero-order valence-corrected chi connectivity index (χ0v) is 14.1. The van der Waals surface area contributed by atoms with Crippen molar-refractivity contribution in [3.63, 3.8) is 0 Å². The molecule has 0 spiro atoms. The number of hydrogen-bond acceptors (Lipinski definition) is 2. The van der Waals surface area contributed by atoms with E-state index >= 15 is 0 Å². The molecule has 3 rings (SSSR count). The lowest BCUT2D eigenvalue weighted by Crippen LogP contribution is -2.24. The summed E-state index contributed by atoms with van der Waals surface area (Å²) in [5.41, 5.74) is 4.08. The zero-order chi connectivity index (χ0) is 16.4. The number of benzene rings is 2. The van der Waals surface area contributed by atoms with Gasteiger partial charge in [0, 0.05) is 30.2 Å². The van der Waals surface area contributed by atoms with E-state index in [1.54, 1.807) is 0 Å². The fraction of sp³-hybridized carbons (Fsp3) is 0.222. The molecule has 0 fully saturated rings. The minimum atomic E-state index is -3.34. The Bertz CT molecular complexity index is 928. The summed E-state index contributed by atoms with van der Waals surface area (Å²) in [5, 5.41) is 1.13. The van der Waals surface area contributed by atoms with Crippen LogP contribution in [0, 0.1) is 6.92 Å². The summed E-state index contributed by atoms with van der Waals surface area (Å²) >= 11 is 0. The van der Waals surface area contributed by atoms with Gasteiger partial charge in [-0.15, -0.1) is 0 Å². The molecule has 0 saturated carbocycles. The molecule has 23 heavy (non-hydrogen) atoms. The number of aromatic nitrogens is 1. The van der Waals surface area contributed by atoms with Crippen molar-refractivity contribution in [3.05, 3.63) is 71.4 Å². The van der Waals surface area contributed by atoms with Crippen molar-refractivity contribution >= 4 is 20.9 Å². The molecule has 4 nitrogen and oxygen atoms in total. The summed E-state index contributed by atoms with van der Waals surface area (Å²) in [5.74, 6) is 0.000525. The molecule has 0 bridgehead atoms. The first-order valence-corrected chi connectivity index (χ1v) is 9.16. The lowest BCUT2D eigenvalue weighted by atomic mass is 10.1. The monoisotopic (exact) mass is 328 g/mol. The Hall–Kier alpha value is -2.11. The van der Waals surface area contributed by atoms with Crippen molar-refractivity contribution in [1.29, 1.82) is 0 Å². The van der Waals surface area contributed by atoms with Crippen molar-refractivity contribution in [1.82, 2.24) is 9.29 Å². The minimum absolute atomic E-state index is 0.000525. The van der Waals surface area contributed by atoms with Crippen LogP contribution in [0.2, 0.25) is 0 Å². The lowest BCUT2D eigenvalue weighted by Gasteiger charge is -2.07. The molecule has 0 radical (unpaired) electrons. The van der Waals surface area contributed by atoms with E-state index in [0.29, 0.717) is 6.54 Å². The van der Waals surface area contributed by atoms with Crippen LogP contribution in [-0.2, 0) is 29.4 Å². The molecule has 1 aromatic heterocycles. The van der Waals surface area contributed by atoms with Gasteiger partial charge in [0.15, 0.2) is 0 Å². The van der Waals surface area contributed by atoms with E-state index in [1.807, 2.05) is 55.6 Å². The van der Waals surface area contributed by atoms with E-state index in [9.17, 15) is 8.42 Å². The topological polar surface area (TPSA) is 51.1 Å². The largest absolute Gasteiger partial charge is 0.348 e. The van der Waals surface area contributed by atoms with E-state index in [2.05, 4.69) is 22.3 Å². The third kappa shape index (κ3) is 3.63. The maximum absolute atomic E-state index is 12.2. The van der Waals surface area contributed by atoms with E-state index in [4.69, 9.17) is 0 Å². The van der Waals surface area contributed by atoms with Gasteiger partial charge in [0.2, 0.25) is 10.0 Å². The van der Waals surface area contributed by atoms with E-state index < -0.39 is 10.0 Å². The number of rotatable bonds is 5. The van der Waals surface area contributed by atoms with Gasteiger partial charge >= 0.3 is 0 Å². The normalized spacial score (nSPS) is 11.9. The molecule has 0 unspecified atom stereocenters. The fourth-order valence-electron chi connectivity index (χ4n) is 2.68. The molecule has 0 aliphatic rings. The van der Waals surface area contributed by atoms with Gasteiger partial charge in [-0.3, -0.25) is 0 Å². The molecule has 0 saturated heterocycles. The average Bonchev–Trinajstić information content (AvgIpc) is 2.80. The van der Waals surface area contributed by atoms with Crippen LogP contribution in [-0.4, -0.2) is 13.0 Å². The predicted molar refractivity (Wildman–Crippen MR) is 93.6 cm³/mol. The summed E-state index contributed by atoms with van der Waals surface area (Å²) < 4.78 is 29.2. The number of sulfonamides is 1. The van der Waals surface area contributed by atoms with Crippen LogP contribution in [0.1, 0.15) is 16.8 Å². The quantitative estimate of drug-likeness (QED) is 0.782. The van der Waals surface area contributed by atoms with Gasteiger partial charge in [-0.25, -0.2) is 13.1 Å².